The predicted molar refractivity (Wildman–Crippen MR) is 126 cm³/mol. The number of carbonyl (C=O) groups excluding carboxylic acids is 2. The van der Waals surface area contributed by atoms with Gasteiger partial charge in [-0.3, -0.25) is 9.59 Å². The van der Waals surface area contributed by atoms with Crippen LogP contribution in [-0.4, -0.2) is 55.9 Å². The highest BCUT2D eigenvalue weighted by atomic mass is 19.4. The number of carboxylic acids is 1. The first-order valence-electron chi connectivity index (χ1n) is 11.6. The van der Waals surface area contributed by atoms with Gasteiger partial charge in [-0.05, 0) is 44.2 Å². The van der Waals surface area contributed by atoms with Gasteiger partial charge in [0, 0.05) is 16.7 Å². The number of benzene rings is 1. The Hall–Kier alpha value is -4.46. The fourth-order valence-electron chi connectivity index (χ4n) is 4.93. The van der Waals surface area contributed by atoms with Crippen molar-refractivity contribution in [3.8, 4) is 17.3 Å². The molecule has 1 heterocycles. The van der Waals surface area contributed by atoms with E-state index in [1.165, 1.54) is 12.3 Å². The molecule has 0 aliphatic heterocycles. The van der Waals surface area contributed by atoms with Crippen molar-refractivity contribution < 1.29 is 50.9 Å². The number of aryl methyl sites for hydroxylation is 1. The van der Waals surface area contributed by atoms with Crippen molar-refractivity contribution in [1.29, 1.82) is 5.26 Å². The molecule has 1 atom stereocenters. The van der Waals surface area contributed by atoms with Crippen LogP contribution < -0.4 is 16.8 Å². The van der Waals surface area contributed by atoms with Gasteiger partial charge in [0.2, 0.25) is 0 Å². The van der Waals surface area contributed by atoms with Gasteiger partial charge in [-0.25, -0.2) is 14.8 Å². The fraction of sp³-hybridized carbons (Fsp3) is 0.417. The largest absolute Gasteiger partial charge is 0.490 e. The number of carboxylic acid groups (broad SMARTS) is 1. The summed E-state index contributed by atoms with van der Waals surface area (Å²) >= 11 is 0. The summed E-state index contributed by atoms with van der Waals surface area (Å²) in [5.41, 5.74) is 5.40. The number of aliphatic carboxylic acids is 1. The second kappa shape index (κ2) is 10.2. The van der Waals surface area contributed by atoms with Crippen molar-refractivity contribution in [3.63, 3.8) is 0 Å². The Morgan fingerprint density at radius 2 is 1.71 bits per heavy atom. The number of alkyl halides is 6. The zero-order valence-electron chi connectivity index (χ0n) is 21.0. The van der Waals surface area contributed by atoms with Crippen LogP contribution in [0.3, 0.4) is 0 Å². The molecule has 0 saturated heterocycles. The van der Waals surface area contributed by atoms with E-state index in [2.05, 4.69) is 21.4 Å². The average molecular weight is 588 g/mol. The van der Waals surface area contributed by atoms with Gasteiger partial charge < -0.3 is 27.0 Å². The molecule has 2 bridgehead atoms. The third-order valence-corrected chi connectivity index (χ3v) is 7.01. The van der Waals surface area contributed by atoms with Crippen molar-refractivity contribution in [3.05, 3.63) is 41.2 Å². The number of halogens is 6. The molecular weight excluding hydrogens is 566 g/mol. The quantitative estimate of drug-likeness (QED) is 0.325. The summed E-state index contributed by atoms with van der Waals surface area (Å²) in [6.45, 7) is 1.57. The molecule has 0 spiro atoms. The third-order valence-electron chi connectivity index (χ3n) is 7.01. The lowest BCUT2D eigenvalue weighted by molar-refractivity contribution is -0.255. The summed E-state index contributed by atoms with van der Waals surface area (Å²) in [5, 5.41) is 29.4. The number of nitrogen functional groups attached to an aromatic ring is 1. The molecule has 41 heavy (non-hydrogen) atoms. The molecule has 3 fully saturated rings. The number of hydrogen-bond donors (Lipinski definition) is 5. The Kier molecular flexibility index (Phi) is 7.71. The lowest BCUT2D eigenvalue weighted by Gasteiger charge is -2.43. The number of hydrogen-bond acceptors (Lipinski definition) is 8. The van der Waals surface area contributed by atoms with E-state index in [9.17, 15) is 46.3 Å². The van der Waals surface area contributed by atoms with Gasteiger partial charge in [0.25, 0.3) is 17.4 Å². The Bertz CT molecular complexity index is 1450. The number of rotatable bonds is 5. The van der Waals surface area contributed by atoms with Crippen LogP contribution in [0.2, 0.25) is 0 Å². The number of nitriles is 1. The van der Waals surface area contributed by atoms with Crippen molar-refractivity contribution in [2.75, 3.05) is 5.73 Å². The van der Waals surface area contributed by atoms with E-state index in [0.29, 0.717) is 31.2 Å². The SMILES string of the molecule is Cc1ccc(C(O)(C(N)=O)C(F)(F)F)cc1-c1cnc(N)c(C(=O)NC23CCC(C#N)(C2)C3)n1.O=C(O)C(F)(F)F. The number of nitrogens with zero attached hydrogens (tertiary/aromatic N) is 3. The highest BCUT2D eigenvalue weighted by molar-refractivity contribution is 5.97. The molecule has 5 rings (SSSR count). The Balaban J connectivity index is 0.000000587. The first-order chi connectivity index (χ1) is 18.7. The number of carbonyl (C=O) groups is 3. The summed E-state index contributed by atoms with van der Waals surface area (Å²) in [5.74, 6) is -5.53. The summed E-state index contributed by atoms with van der Waals surface area (Å²) in [7, 11) is 0. The van der Waals surface area contributed by atoms with E-state index >= 15 is 0 Å². The summed E-state index contributed by atoms with van der Waals surface area (Å²) in [6.07, 6.45) is -6.90. The molecule has 11 nitrogen and oxygen atoms in total. The van der Waals surface area contributed by atoms with E-state index < -0.39 is 52.3 Å². The molecule has 3 aliphatic rings. The van der Waals surface area contributed by atoms with Gasteiger partial charge in [-0.1, -0.05) is 12.1 Å². The number of nitrogens with one attached hydrogen (secondary N) is 1. The van der Waals surface area contributed by atoms with Crippen molar-refractivity contribution in [2.24, 2.45) is 11.1 Å². The molecule has 1 aromatic heterocycles. The Morgan fingerprint density at radius 3 is 2.17 bits per heavy atom. The molecular formula is C24H22F6N6O5. The molecule has 17 heteroatoms. The van der Waals surface area contributed by atoms with Crippen LogP contribution in [-0.2, 0) is 15.2 Å². The third kappa shape index (κ3) is 5.73. The first-order valence-corrected chi connectivity index (χ1v) is 11.6. The van der Waals surface area contributed by atoms with E-state index in [1.807, 2.05) is 0 Å². The van der Waals surface area contributed by atoms with Crippen molar-refractivity contribution >= 4 is 23.6 Å². The average Bonchev–Trinajstić information content (AvgIpc) is 3.39. The monoisotopic (exact) mass is 588 g/mol. The minimum atomic E-state index is -5.37. The van der Waals surface area contributed by atoms with Crippen molar-refractivity contribution in [1.82, 2.24) is 15.3 Å². The van der Waals surface area contributed by atoms with Crippen LogP contribution >= 0.6 is 0 Å². The van der Waals surface area contributed by atoms with Crippen LogP contribution in [0.15, 0.2) is 24.4 Å². The van der Waals surface area contributed by atoms with Gasteiger partial charge in [0.15, 0.2) is 11.5 Å². The highest BCUT2D eigenvalue weighted by Crippen LogP contribution is 2.61. The molecule has 1 aromatic carbocycles. The lowest BCUT2D eigenvalue weighted by atomic mass is 9.66. The normalized spacial score (nSPS) is 22.7. The zero-order chi connectivity index (χ0) is 31.2. The maximum absolute atomic E-state index is 13.5. The van der Waals surface area contributed by atoms with Gasteiger partial charge in [-0.2, -0.15) is 31.6 Å². The van der Waals surface area contributed by atoms with Gasteiger partial charge in [0.05, 0.1) is 23.4 Å². The lowest BCUT2D eigenvalue weighted by Crippen LogP contribution is -2.55. The first kappa shape index (κ1) is 31.1. The summed E-state index contributed by atoms with van der Waals surface area (Å²) in [4.78, 5) is 41.6. The maximum Gasteiger partial charge on any atom is 0.490 e. The standard InChI is InChI=1S/C22H21F3N6O3.C2HF3O2/c1-11-2-3-12(21(34,18(28)33)22(23,24)25)6-13(11)14-7-29-16(27)15(30-14)17(32)31-20-5-4-19(8-20,9-20)10-26;3-2(4,5)1(6)7/h2-3,6-7,34H,4-5,8-9H2,1H3,(H2,27,29)(H2,28,33)(H,31,32);(H,6,7). The molecule has 1 unspecified atom stereocenters. The predicted octanol–water partition coefficient (Wildman–Crippen LogP) is 2.47. The Morgan fingerprint density at radius 1 is 1.12 bits per heavy atom. The number of anilines is 1. The smallest absolute Gasteiger partial charge is 0.475 e. The molecule has 2 amide bonds. The van der Waals surface area contributed by atoms with E-state index in [1.54, 1.807) is 6.92 Å². The Labute approximate surface area is 227 Å². The fourth-order valence-corrected chi connectivity index (χ4v) is 4.93. The summed E-state index contributed by atoms with van der Waals surface area (Å²) in [6, 6.07) is 5.42. The van der Waals surface area contributed by atoms with Gasteiger partial charge >= 0.3 is 18.3 Å². The van der Waals surface area contributed by atoms with Gasteiger partial charge in [-0.15, -0.1) is 0 Å². The second-order valence-corrected chi connectivity index (χ2v) is 9.87. The molecule has 220 valence electrons. The number of aromatic nitrogens is 2. The molecule has 7 N–H and O–H groups in total. The molecule has 3 aliphatic carbocycles. The number of amides is 2. The zero-order valence-corrected chi connectivity index (χ0v) is 21.0. The molecule has 2 aromatic rings. The number of nitrogens with two attached hydrogens (primary N) is 2. The van der Waals surface area contributed by atoms with Crippen LogP contribution in [0.4, 0.5) is 32.2 Å². The maximum atomic E-state index is 13.5. The van der Waals surface area contributed by atoms with Crippen LogP contribution in [0.5, 0.6) is 0 Å². The molecule has 3 saturated carbocycles. The van der Waals surface area contributed by atoms with E-state index in [-0.39, 0.29) is 22.8 Å². The second-order valence-electron chi connectivity index (χ2n) is 9.87. The molecule has 0 radical (unpaired) electrons. The van der Waals surface area contributed by atoms with E-state index in [0.717, 1.165) is 12.1 Å². The minimum absolute atomic E-state index is 0.0107. The van der Waals surface area contributed by atoms with Crippen LogP contribution in [0, 0.1) is 23.7 Å². The number of primary amides is 1. The number of fused-ring (bicyclic) bond motifs is 1. The van der Waals surface area contributed by atoms with Crippen LogP contribution in [0.25, 0.3) is 11.3 Å². The van der Waals surface area contributed by atoms with Crippen molar-refractivity contribution in [2.45, 2.75) is 56.1 Å². The number of aliphatic hydroxyl groups is 1. The van der Waals surface area contributed by atoms with E-state index in [4.69, 9.17) is 21.4 Å². The highest BCUT2D eigenvalue weighted by Gasteiger charge is 2.62. The minimum Gasteiger partial charge on any atom is -0.475 e. The summed E-state index contributed by atoms with van der Waals surface area (Å²) < 4.78 is 72.3. The van der Waals surface area contributed by atoms with Crippen LogP contribution in [0.1, 0.15) is 47.3 Å². The van der Waals surface area contributed by atoms with Gasteiger partial charge in [0.1, 0.15) is 0 Å². The topological polar surface area (TPSA) is 205 Å².